The molecule has 11 heteroatoms. The van der Waals surface area contributed by atoms with Gasteiger partial charge in [0, 0.05) is 16.6 Å². The Labute approximate surface area is 181 Å². The van der Waals surface area contributed by atoms with E-state index in [-0.39, 0.29) is 10.0 Å². The number of ether oxygens (including phenoxy) is 1. The molecular formula is C18H16ClN3O4S3. The summed E-state index contributed by atoms with van der Waals surface area (Å²) < 4.78 is 28.6. The van der Waals surface area contributed by atoms with Gasteiger partial charge in [-0.1, -0.05) is 23.7 Å². The minimum atomic E-state index is -3.74. The van der Waals surface area contributed by atoms with E-state index in [1.165, 1.54) is 23.5 Å². The van der Waals surface area contributed by atoms with Crippen molar-refractivity contribution in [2.24, 2.45) is 5.14 Å². The highest BCUT2D eigenvalue weighted by atomic mass is 35.5. The van der Waals surface area contributed by atoms with E-state index in [0.717, 1.165) is 15.6 Å². The fraction of sp³-hybridized carbons (Fsp3) is 0.111. The zero-order valence-electron chi connectivity index (χ0n) is 15.1. The van der Waals surface area contributed by atoms with Crippen LogP contribution in [0.2, 0.25) is 5.02 Å². The molecule has 0 unspecified atom stereocenters. The van der Waals surface area contributed by atoms with Crippen LogP contribution in [0.3, 0.4) is 0 Å². The zero-order chi connectivity index (χ0) is 21.2. The predicted octanol–water partition coefficient (Wildman–Crippen LogP) is 3.02. The number of thiocarbonyl (C=S) groups is 1. The molecular weight excluding hydrogens is 454 g/mol. The standard InChI is InChI=1S/C18H16ClN3O4S3/c1-26-11-4-7-13-14(8-11)28-16(15(13)19)17(23)22-18(27)21-9-10-2-5-12(6-3-10)29(20,24)25/h2-8H,9H2,1H3,(H2,20,24,25)(H2,21,22,23,27). The lowest BCUT2D eigenvalue weighted by atomic mass is 10.2. The molecule has 0 saturated carbocycles. The van der Waals surface area contributed by atoms with E-state index in [2.05, 4.69) is 10.6 Å². The van der Waals surface area contributed by atoms with Gasteiger partial charge in [-0.25, -0.2) is 13.6 Å². The van der Waals surface area contributed by atoms with Gasteiger partial charge in [-0.05, 0) is 48.1 Å². The molecule has 0 atom stereocenters. The molecule has 152 valence electrons. The SMILES string of the molecule is COc1ccc2c(Cl)c(C(=O)NC(=S)NCc3ccc(S(N)(=O)=O)cc3)sc2c1. The molecule has 4 N–H and O–H groups in total. The first-order valence-corrected chi connectivity index (χ1v) is 11.3. The van der Waals surface area contributed by atoms with E-state index >= 15 is 0 Å². The van der Waals surface area contributed by atoms with Crippen molar-refractivity contribution >= 4 is 66.3 Å². The Morgan fingerprint density at radius 3 is 2.55 bits per heavy atom. The molecule has 29 heavy (non-hydrogen) atoms. The molecule has 0 fully saturated rings. The van der Waals surface area contributed by atoms with E-state index in [0.29, 0.717) is 22.2 Å². The number of rotatable bonds is 5. The van der Waals surface area contributed by atoms with Crippen LogP contribution in [0.1, 0.15) is 15.2 Å². The summed E-state index contributed by atoms with van der Waals surface area (Å²) in [4.78, 5) is 12.9. The van der Waals surface area contributed by atoms with Gasteiger partial charge in [0.05, 0.1) is 17.0 Å². The summed E-state index contributed by atoms with van der Waals surface area (Å²) in [6, 6.07) is 11.4. The Balaban J connectivity index is 1.64. The lowest BCUT2D eigenvalue weighted by molar-refractivity contribution is 0.0980. The molecule has 0 aliphatic rings. The van der Waals surface area contributed by atoms with Gasteiger partial charge in [0.15, 0.2) is 5.11 Å². The van der Waals surface area contributed by atoms with Crippen LogP contribution in [0.15, 0.2) is 47.4 Å². The highest BCUT2D eigenvalue weighted by molar-refractivity contribution is 7.89. The van der Waals surface area contributed by atoms with Crippen LogP contribution >= 0.6 is 35.2 Å². The molecule has 2 aromatic carbocycles. The van der Waals surface area contributed by atoms with Gasteiger partial charge < -0.3 is 10.1 Å². The van der Waals surface area contributed by atoms with Crippen molar-refractivity contribution in [2.75, 3.05) is 7.11 Å². The van der Waals surface area contributed by atoms with Crippen molar-refractivity contribution in [1.82, 2.24) is 10.6 Å². The van der Waals surface area contributed by atoms with Crippen molar-refractivity contribution in [3.63, 3.8) is 0 Å². The van der Waals surface area contributed by atoms with Crippen molar-refractivity contribution in [2.45, 2.75) is 11.4 Å². The van der Waals surface area contributed by atoms with Crippen LogP contribution in [0, 0.1) is 0 Å². The number of methoxy groups -OCH3 is 1. The number of halogens is 1. The lowest BCUT2D eigenvalue weighted by Crippen LogP contribution is -2.38. The van der Waals surface area contributed by atoms with Crippen LogP contribution in [0.5, 0.6) is 5.75 Å². The molecule has 0 aliphatic carbocycles. The van der Waals surface area contributed by atoms with E-state index in [1.54, 1.807) is 31.4 Å². The predicted molar refractivity (Wildman–Crippen MR) is 118 cm³/mol. The van der Waals surface area contributed by atoms with Gasteiger partial charge in [-0.15, -0.1) is 11.3 Å². The Hall–Kier alpha value is -2.24. The van der Waals surface area contributed by atoms with Crippen molar-refractivity contribution in [1.29, 1.82) is 0 Å². The quantitative estimate of drug-likeness (QED) is 0.495. The number of primary sulfonamides is 1. The number of carbonyl (C=O) groups excluding carboxylic acids is 1. The number of sulfonamides is 1. The first-order valence-electron chi connectivity index (χ1n) is 8.16. The topological polar surface area (TPSA) is 111 Å². The number of hydrogen-bond acceptors (Lipinski definition) is 6. The van der Waals surface area contributed by atoms with Crippen molar-refractivity contribution in [3.8, 4) is 5.75 Å². The normalized spacial score (nSPS) is 11.3. The van der Waals surface area contributed by atoms with Crippen LogP contribution in [0.25, 0.3) is 10.1 Å². The van der Waals surface area contributed by atoms with Gasteiger partial charge in [0.2, 0.25) is 10.0 Å². The molecule has 0 bridgehead atoms. The van der Waals surface area contributed by atoms with E-state index in [9.17, 15) is 13.2 Å². The summed E-state index contributed by atoms with van der Waals surface area (Å²) in [7, 11) is -2.17. The Kier molecular flexibility index (Phi) is 6.39. The minimum absolute atomic E-state index is 0.0214. The fourth-order valence-corrected chi connectivity index (χ4v) is 4.62. The van der Waals surface area contributed by atoms with Gasteiger partial charge in [0.25, 0.3) is 5.91 Å². The number of benzene rings is 2. The lowest BCUT2D eigenvalue weighted by Gasteiger charge is -2.09. The molecule has 0 spiro atoms. The van der Waals surface area contributed by atoms with Gasteiger partial charge in [-0.3, -0.25) is 10.1 Å². The Morgan fingerprint density at radius 1 is 1.24 bits per heavy atom. The molecule has 0 saturated heterocycles. The number of thiophene rings is 1. The van der Waals surface area contributed by atoms with Gasteiger partial charge in [0.1, 0.15) is 10.6 Å². The second kappa shape index (κ2) is 8.64. The summed E-state index contributed by atoms with van der Waals surface area (Å²) in [5.74, 6) is 0.255. The number of nitrogens with two attached hydrogens (primary N) is 1. The number of fused-ring (bicyclic) bond motifs is 1. The van der Waals surface area contributed by atoms with Crippen LogP contribution in [-0.2, 0) is 16.6 Å². The monoisotopic (exact) mass is 469 g/mol. The van der Waals surface area contributed by atoms with Gasteiger partial charge in [-0.2, -0.15) is 0 Å². The van der Waals surface area contributed by atoms with Crippen LogP contribution < -0.4 is 20.5 Å². The molecule has 3 aromatic rings. The zero-order valence-corrected chi connectivity index (χ0v) is 18.3. The summed E-state index contributed by atoms with van der Waals surface area (Å²) >= 11 is 12.7. The summed E-state index contributed by atoms with van der Waals surface area (Å²) in [6.45, 7) is 0.293. The third-order valence-corrected chi connectivity index (χ3v) is 6.81. The van der Waals surface area contributed by atoms with Crippen molar-refractivity contribution in [3.05, 3.63) is 57.9 Å². The number of nitrogens with one attached hydrogen (secondary N) is 2. The highest BCUT2D eigenvalue weighted by Crippen LogP contribution is 2.37. The molecule has 7 nitrogen and oxygen atoms in total. The molecule has 1 amide bonds. The molecule has 1 aromatic heterocycles. The third-order valence-electron chi connectivity index (χ3n) is 3.97. The number of amides is 1. The third kappa shape index (κ3) is 5.03. The maximum absolute atomic E-state index is 12.5. The fourth-order valence-electron chi connectivity index (χ4n) is 2.50. The average Bonchev–Trinajstić information content (AvgIpc) is 3.02. The molecule has 0 aliphatic heterocycles. The smallest absolute Gasteiger partial charge is 0.269 e. The summed E-state index contributed by atoms with van der Waals surface area (Å²) in [6.07, 6.45) is 0. The number of hydrogen-bond donors (Lipinski definition) is 3. The Morgan fingerprint density at radius 2 is 1.93 bits per heavy atom. The van der Waals surface area contributed by atoms with Crippen LogP contribution in [-0.4, -0.2) is 26.5 Å². The summed E-state index contributed by atoms with van der Waals surface area (Å²) in [5, 5.41) is 11.8. The maximum atomic E-state index is 12.5. The number of carbonyl (C=O) groups is 1. The average molecular weight is 470 g/mol. The second-order valence-corrected chi connectivity index (χ2v) is 9.33. The van der Waals surface area contributed by atoms with E-state index in [1.807, 2.05) is 6.07 Å². The second-order valence-electron chi connectivity index (χ2n) is 5.93. The highest BCUT2D eigenvalue weighted by Gasteiger charge is 2.18. The van der Waals surface area contributed by atoms with E-state index in [4.69, 9.17) is 33.7 Å². The van der Waals surface area contributed by atoms with Crippen molar-refractivity contribution < 1.29 is 17.9 Å². The minimum Gasteiger partial charge on any atom is -0.497 e. The Bertz CT molecular complexity index is 1190. The van der Waals surface area contributed by atoms with Crippen LogP contribution in [0.4, 0.5) is 0 Å². The maximum Gasteiger partial charge on any atom is 0.269 e. The van der Waals surface area contributed by atoms with E-state index < -0.39 is 15.9 Å². The molecule has 0 radical (unpaired) electrons. The molecule has 1 heterocycles. The largest absolute Gasteiger partial charge is 0.497 e. The van der Waals surface area contributed by atoms with Gasteiger partial charge >= 0.3 is 0 Å². The molecule has 3 rings (SSSR count). The first-order chi connectivity index (χ1) is 13.7. The summed E-state index contributed by atoms with van der Waals surface area (Å²) in [5.41, 5.74) is 0.765. The first kappa shape index (κ1) is 21.5.